The first kappa shape index (κ1) is 19.8. The number of fused-ring (bicyclic) bond motifs is 1. The van der Waals surface area contributed by atoms with Crippen LogP contribution >= 0.6 is 11.6 Å². The molecule has 4 heterocycles. The Labute approximate surface area is 186 Å². The van der Waals surface area contributed by atoms with E-state index >= 15 is 0 Å². The fourth-order valence-electron chi connectivity index (χ4n) is 3.85. The van der Waals surface area contributed by atoms with Crippen LogP contribution in [0.1, 0.15) is 5.56 Å². The van der Waals surface area contributed by atoms with Crippen molar-refractivity contribution in [2.45, 2.75) is 6.54 Å². The molecule has 0 spiro atoms. The van der Waals surface area contributed by atoms with Gasteiger partial charge in [-0.2, -0.15) is 0 Å². The summed E-state index contributed by atoms with van der Waals surface area (Å²) in [5, 5.41) is 4.10. The van der Waals surface area contributed by atoms with Gasteiger partial charge >= 0.3 is 0 Å². The monoisotopic (exact) mass is 433 g/mol. The fourth-order valence-corrected chi connectivity index (χ4v) is 4.06. The highest BCUT2D eigenvalue weighted by Gasteiger charge is 2.16. The Morgan fingerprint density at radius 3 is 2.65 bits per heavy atom. The van der Waals surface area contributed by atoms with Crippen LogP contribution in [-0.4, -0.2) is 57.5 Å². The fraction of sp³-hybridized carbons (Fsp3) is 0.261. The number of hydrogen-bond acceptors (Lipinski definition) is 6. The summed E-state index contributed by atoms with van der Waals surface area (Å²) in [7, 11) is 2.16. The molecule has 7 nitrogen and oxygen atoms in total. The molecular formula is C23H24ClN7. The van der Waals surface area contributed by atoms with Gasteiger partial charge < -0.3 is 15.1 Å². The SMILES string of the molecule is CN1CCN(c2ccc(-c3cnc(NCc4cccc(Cl)c4)c4nccn34)cn2)CC1. The average molecular weight is 434 g/mol. The maximum atomic E-state index is 6.09. The van der Waals surface area contributed by atoms with E-state index in [0.29, 0.717) is 6.54 Å². The van der Waals surface area contributed by atoms with Crippen LogP contribution in [0.15, 0.2) is 61.2 Å². The Morgan fingerprint density at radius 1 is 1.00 bits per heavy atom. The number of benzene rings is 1. The lowest BCUT2D eigenvalue weighted by atomic mass is 10.2. The van der Waals surface area contributed by atoms with Gasteiger partial charge in [0.15, 0.2) is 11.5 Å². The second-order valence-corrected chi connectivity index (χ2v) is 8.23. The third-order valence-electron chi connectivity index (χ3n) is 5.65. The van der Waals surface area contributed by atoms with Gasteiger partial charge in [-0.05, 0) is 36.9 Å². The quantitative estimate of drug-likeness (QED) is 0.516. The highest BCUT2D eigenvalue weighted by Crippen LogP contribution is 2.25. The van der Waals surface area contributed by atoms with E-state index in [1.807, 2.05) is 47.3 Å². The van der Waals surface area contributed by atoms with E-state index in [-0.39, 0.29) is 0 Å². The van der Waals surface area contributed by atoms with Gasteiger partial charge in [0.25, 0.3) is 0 Å². The highest BCUT2D eigenvalue weighted by molar-refractivity contribution is 6.30. The molecule has 5 rings (SSSR count). The van der Waals surface area contributed by atoms with Crippen LogP contribution in [0.3, 0.4) is 0 Å². The summed E-state index contributed by atoms with van der Waals surface area (Å²) in [5.74, 6) is 1.75. The molecule has 0 atom stereocenters. The van der Waals surface area contributed by atoms with Crippen LogP contribution in [0.2, 0.25) is 5.02 Å². The van der Waals surface area contributed by atoms with Crippen molar-refractivity contribution in [2.24, 2.45) is 0 Å². The Hall–Kier alpha value is -3.16. The summed E-state index contributed by atoms with van der Waals surface area (Å²) in [6.45, 7) is 4.75. The predicted octanol–water partition coefficient (Wildman–Crippen LogP) is 3.81. The number of rotatable bonds is 5. The largest absolute Gasteiger partial charge is 0.363 e. The normalized spacial score (nSPS) is 14.8. The summed E-state index contributed by atoms with van der Waals surface area (Å²) in [4.78, 5) is 18.5. The van der Waals surface area contributed by atoms with Gasteiger partial charge in [0.05, 0.1) is 11.9 Å². The van der Waals surface area contributed by atoms with Gasteiger partial charge in [-0.15, -0.1) is 0 Å². The van der Waals surface area contributed by atoms with E-state index in [2.05, 4.69) is 44.3 Å². The lowest BCUT2D eigenvalue weighted by Crippen LogP contribution is -2.44. The lowest BCUT2D eigenvalue weighted by Gasteiger charge is -2.33. The molecule has 3 aromatic heterocycles. The zero-order chi connectivity index (χ0) is 21.2. The number of anilines is 2. The maximum Gasteiger partial charge on any atom is 0.180 e. The number of aromatic nitrogens is 4. The van der Waals surface area contributed by atoms with Gasteiger partial charge in [0.1, 0.15) is 5.82 Å². The Balaban J connectivity index is 1.37. The second kappa shape index (κ2) is 8.53. The third kappa shape index (κ3) is 4.19. The lowest BCUT2D eigenvalue weighted by molar-refractivity contribution is 0.312. The van der Waals surface area contributed by atoms with E-state index in [1.54, 1.807) is 6.20 Å². The zero-order valence-corrected chi connectivity index (χ0v) is 18.1. The topological polar surface area (TPSA) is 61.6 Å². The maximum absolute atomic E-state index is 6.09. The molecular weight excluding hydrogens is 410 g/mol. The number of hydrogen-bond donors (Lipinski definition) is 1. The van der Waals surface area contributed by atoms with Gasteiger partial charge in [-0.3, -0.25) is 4.40 Å². The molecule has 1 N–H and O–H groups in total. The molecule has 4 aromatic rings. The van der Waals surface area contributed by atoms with Crippen LogP contribution in [0.5, 0.6) is 0 Å². The molecule has 8 heteroatoms. The highest BCUT2D eigenvalue weighted by atomic mass is 35.5. The number of halogens is 1. The van der Waals surface area contributed by atoms with Crippen LogP contribution in [0, 0.1) is 0 Å². The van der Waals surface area contributed by atoms with E-state index in [4.69, 9.17) is 16.6 Å². The van der Waals surface area contributed by atoms with Crippen molar-refractivity contribution >= 4 is 28.9 Å². The molecule has 0 bridgehead atoms. The van der Waals surface area contributed by atoms with Crippen molar-refractivity contribution in [1.82, 2.24) is 24.3 Å². The zero-order valence-electron chi connectivity index (χ0n) is 17.4. The van der Waals surface area contributed by atoms with Crippen LogP contribution in [-0.2, 0) is 6.54 Å². The molecule has 158 valence electrons. The minimum atomic E-state index is 0.622. The third-order valence-corrected chi connectivity index (χ3v) is 5.88. The van der Waals surface area contributed by atoms with Crippen molar-refractivity contribution < 1.29 is 0 Å². The van der Waals surface area contributed by atoms with Crippen molar-refractivity contribution in [3.63, 3.8) is 0 Å². The van der Waals surface area contributed by atoms with Crippen molar-refractivity contribution in [2.75, 3.05) is 43.4 Å². The molecule has 0 saturated carbocycles. The number of pyridine rings is 1. The molecule has 1 saturated heterocycles. The number of piperazine rings is 1. The van der Waals surface area contributed by atoms with Crippen molar-refractivity contribution in [3.8, 4) is 11.3 Å². The van der Waals surface area contributed by atoms with E-state index in [0.717, 1.165) is 65.3 Å². The number of likely N-dealkylation sites (N-methyl/N-ethyl adjacent to an activating group) is 1. The molecule has 0 amide bonds. The van der Waals surface area contributed by atoms with Gasteiger partial charge in [-0.25, -0.2) is 15.0 Å². The standard InChI is InChI=1S/C23H24ClN7/c1-29-9-11-30(12-10-29)21-6-5-18(15-26-21)20-16-28-22(23-25-7-8-31(20)23)27-14-17-3-2-4-19(24)13-17/h2-8,13,15-16H,9-12,14H2,1H3,(H,27,28). The summed E-state index contributed by atoms with van der Waals surface area (Å²) in [5.41, 5.74) is 3.84. The first-order chi connectivity index (χ1) is 15.2. The average Bonchev–Trinajstić information content (AvgIpc) is 3.29. The summed E-state index contributed by atoms with van der Waals surface area (Å²) in [6.07, 6.45) is 7.52. The van der Waals surface area contributed by atoms with Crippen molar-refractivity contribution in [1.29, 1.82) is 0 Å². The van der Waals surface area contributed by atoms with Crippen molar-refractivity contribution in [3.05, 3.63) is 71.8 Å². The van der Waals surface area contributed by atoms with E-state index in [1.165, 1.54) is 0 Å². The molecule has 31 heavy (non-hydrogen) atoms. The van der Waals surface area contributed by atoms with Crippen LogP contribution in [0.25, 0.3) is 16.9 Å². The summed E-state index contributed by atoms with van der Waals surface area (Å²) in [6, 6.07) is 12.0. The van der Waals surface area contributed by atoms with Crippen LogP contribution < -0.4 is 10.2 Å². The Kier molecular flexibility index (Phi) is 5.44. The molecule has 0 unspecified atom stereocenters. The number of nitrogens with zero attached hydrogens (tertiary/aromatic N) is 6. The van der Waals surface area contributed by atoms with Gasteiger partial charge in [0, 0.05) is 61.9 Å². The molecule has 1 fully saturated rings. The second-order valence-electron chi connectivity index (χ2n) is 7.79. The first-order valence-corrected chi connectivity index (χ1v) is 10.8. The van der Waals surface area contributed by atoms with E-state index in [9.17, 15) is 0 Å². The molecule has 0 radical (unpaired) electrons. The van der Waals surface area contributed by atoms with Crippen LogP contribution in [0.4, 0.5) is 11.6 Å². The summed E-state index contributed by atoms with van der Waals surface area (Å²) >= 11 is 6.09. The minimum absolute atomic E-state index is 0.622. The number of imidazole rings is 1. The Bertz CT molecular complexity index is 1180. The molecule has 1 aromatic carbocycles. The predicted molar refractivity (Wildman–Crippen MR) is 125 cm³/mol. The Morgan fingerprint density at radius 2 is 1.87 bits per heavy atom. The smallest absolute Gasteiger partial charge is 0.180 e. The van der Waals surface area contributed by atoms with E-state index < -0.39 is 0 Å². The molecule has 0 aliphatic carbocycles. The van der Waals surface area contributed by atoms with Gasteiger partial charge in [0.2, 0.25) is 0 Å². The minimum Gasteiger partial charge on any atom is -0.363 e. The number of nitrogens with one attached hydrogen (secondary N) is 1. The molecule has 1 aliphatic heterocycles. The summed E-state index contributed by atoms with van der Waals surface area (Å²) < 4.78 is 2.04. The van der Waals surface area contributed by atoms with Gasteiger partial charge in [-0.1, -0.05) is 23.7 Å². The first-order valence-electron chi connectivity index (χ1n) is 10.4. The molecule has 1 aliphatic rings.